The van der Waals surface area contributed by atoms with Crippen molar-refractivity contribution in [3.05, 3.63) is 0 Å². The molecule has 1 saturated carbocycles. The summed E-state index contributed by atoms with van der Waals surface area (Å²) in [5, 5.41) is 3.32. The highest BCUT2D eigenvalue weighted by Crippen LogP contribution is 2.36. The van der Waals surface area contributed by atoms with Gasteiger partial charge in [-0.1, -0.05) is 19.3 Å². The van der Waals surface area contributed by atoms with Crippen molar-refractivity contribution in [1.82, 2.24) is 20.0 Å². The molecular formula is C17H34Cl2N4O. The molecule has 24 heavy (non-hydrogen) atoms. The Hall–Kier alpha value is -0.0700. The van der Waals surface area contributed by atoms with Gasteiger partial charge in [0.1, 0.15) is 0 Å². The fourth-order valence-electron chi connectivity index (χ4n) is 4.55. The Kier molecular flexibility index (Phi) is 9.31. The highest BCUT2D eigenvalue weighted by molar-refractivity contribution is 5.85. The van der Waals surface area contributed by atoms with E-state index < -0.39 is 0 Å². The zero-order chi connectivity index (χ0) is 15.4. The van der Waals surface area contributed by atoms with E-state index in [0.29, 0.717) is 17.9 Å². The summed E-state index contributed by atoms with van der Waals surface area (Å²) in [6, 6.07) is 0. The summed E-state index contributed by atoms with van der Waals surface area (Å²) in [5.41, 5.74) is 0.356. The number of piperazine rings is 2. The van der Waals surface area contributed by atoms with Crippen molar-refractivity contribution >= 4 is 30.7 Å². The Morgan fingerprint density at radius 3 is 2.33 bits per heavy atom. The minimum absolute atomic E-state index is 0. The van der Waals surface area contributed by atoms with E-state index in [2.05, 4.69) is 22.2 Å². The number of nitrogens with one attached hydrogen (secondary N) is 1. The van der Waals surface area contributed by atoms with Crippen LogP contribution in [0.25, 0.3) is 0 Å². The van der Waals surface area contributed by atoms with Crippen LogP contribution < -0.4 is 5.32 Å². The third-order valence-electron chi connectivity index (χ3n) is 5.84. The molecule has 0 radical (unpaired) electrons. The van der Waals surface area contributed by atoms with E-state index in [0.717, 1.165) is 45.8 Å². The summed E-state index contributed by atoms with van der Waals surface area (Å²) >= 11 is 0. The number of carbonyl (C=O) groups is 1. The largest absolute Gasteiger partial charge is 0.340 e. The van der Waals surface area contributed by atoms with Gasteiger partial charge in [-0.05, 0) is 19.9 Å². The van der Waals surface area contributed by atoms with E-state index in [1.54, 1.807) is 0 Å². The Balaban J connectivity index is 0.00000144. The fraction of sp³-hybridized carbons (Fsp3) is 0.941. The van der Waals surface area contributed by atoms with Gasteiger partial charge in [0, 0.05) is 64.3 Å². The number of carbonyl (C=O) groups excluding carboxylic acids is 1. The van der Waals surface area contributed by atoms with E-state index in [-0.39, 0.29) is 24.8 Å². The molecule has 3 fully saturated rings. The molecule has 1 aliphatic carbocycles. The van der Waals surface area contributed by atoms with Gasteiger partial charge in [-0.25, -0.2) is 0 Å². The molecule has 3 rings (SSSR count). The first-order chi connectivity index (χ1) is 10.7. The number of amides is 1. The van der Waals surface area contributed by atoms with Crippen molar-refractivity contribution in [3.8, 4) is 0 Å². The van der Waals surface area contributed by atoms with Crippen LogP contribution in [-0.4, -0.2) is 85.6 Å². The number of nitrogens with zero attached hydrogens (tertiary/aromatic N) is 3. The molecule has 2 aliphatic heterocycles. The van der Waals surface area contributed by atoms with E-state index >= 15 is 0 Å². The van der Waals surface area contributed by atoms with E-state index in [4.69, 9.17) is 0 Å². The molecule has 0 atom stereocenters. The van der Waals surface area contributed by atoms with Gasteiger partial charge in [0.05, 0.1) is 0 Å². The van der Waals surface area contributed by atoms with Gasteiger partial charge in [-0.3, -0.25) is 9.69 Å². The second-order valence-electron chi connectivity index (χ2n) is 7.39. The first-order valence-electron chi connectivity index (χ1n) is 9.12. The molecule has 0 bridgehead atoms. The minimum Gasteiger partial charge on any atom is -0.340 e. The second kappa shape index (κ2) is 10.2. The van der Waals surface area contributed by atoms with Crippen molar-refractivity contribution in [2.45, 2.75) is 44.1 Å². The minimum atomic E-state index is 0. The number of rotatable bonds is 3. The van der Waals surface area contributed by atoms with Gasteiger partial charge in [0.25, 0.3) is 0 Å². The van der Waals surface area contributed by atoms with Crippen LogP contribution in [-0.2, 0) is 4.79 Å². The van der Waals surface area contributed by atoms with E-state index in [9.17, 15) is 4.79 Å². The third-order valence-corrected chi connectivity index (χ3v) is 5.84. The Bertz CT molecular complexity index is 385. The second-order valence-corrected chi connectivity index (χ2v) is 7.39. The van der Waals surface area contributed by atoms with E-state index in [1.165, 1.54) is 38.6 Å². The lowest BCUT2D eigenvalue weighted by Gasteiger charge is -2.52. The molecule has 7 heteroatoms. The van der Waals surface area contributed by atoms with Crippen molar-refractivity contribution in [2.75, 3.05) is 59.4 Å². The molecule has 2 heterocycles. The zero-order valence-corrected chi connectivity index (χ0v) is 16.6. The number of likely N-dealkylation sites (N-methyl/N-ethyl adjacent to an activating group) is 1. The molecule has 0 aromatic rings. The van der Waals surface area contributed by atoms with Gasteiger partial charge in [0.2, 0.25) is 5.91 Å². The quantitative estimate of drug-likeness (QED) is 0.806. The maximum absolute atomic E-state index is 12.4. The highest BCUT2D eigenvalue weighted by atomic mass is 35.5. The smallest absolute Gasteiger partial charge is 0.223 e. The van der Waals surface area contributed by atoms with Crippen LogP contribution in [0.15, 0.2) is 0 Å². The normalized spacial score (nSPS) is 25.0. The summed E-state index contributed by atoms with van der Waals surface area (Å²) < 4.78 is 0. The maximum Gasteiger partial charge on any atom is 0.223 e. The monoisotopic (exact) mass is 380 g/mol. The molecule has 3 aliphatic rings. The molecule has 142 valence electrons. The first kappa shape index (κ1) is 22.0. The van der Waals surface area contributed by atoms with Crippen LogP contribution in [0.4, 0.5) is 0 Å². The molecule has 5 nitrogen and oxygen atoms in total. The number of hydrogen-bond acceptors (Lipinski definition) is 4. The van der Waals surface area contributed by atoms with Gasteiger partial charge < -0.3 is 15.1 Å². The van der Waals surface area contributed by atoms with Crippen LogP contribution in [0.2, 0.25) is 0 Å². The summed E-state index contributed by atoms with van der Waals surface area (Å²) in [4.78, 5) is 19.6. The molecule has 1 amide bonds. The molecule has 0 unspecified atom stereocenters. The van der Waals surface area contributed by atoms with Gasteiger partial charge in [-0.2, -0.15) is 0 Å². The summed E-state index contributed by atoms with van der Waals surface area (Å²) in [6.07, 6.45) is 7.44. The van der Waals surface area contributed by atoms with Crippen molar-refractivity contribution in [1.29, 1.82) is 0 Å². The van der Waals surface area contributed by atoms with Gasteiger partial charge >= 0.3 is 0 Å². The SMILES string of the molecule is CN1CCN(CCC(=O)N2CCNCC2)C2(CCCCC2)C1.Cl.Cl. The van der Waals surface area contributed by atoms with Crippen molar-refractivity contribution in [3.63, 3.8) is 0 Å². The van der Waals surface area contributed by atoms with Gasteiger partial charge in [-0.15, -0.1) is 24.8 Å². The topological polar surface area (TPSA) is 38.8 Å². The summed E-state index contributed by atoms with van der Waals surface area (Å²) in [6.45, 7) is 8.08. The molecular weight excluding hydrogens is 347 g/mol. The lowest BCUT2D eigenvalue weighted by atomic mass is 9.78. The molecule has 2 saturated heterocycles. The Morgan fingerprint density at radius 1 is 1.00 bits per heavy atom. The third kappa shape index (κ3) is 5.21. The molecule has 0 aromatic heterocycles. The fourth-order valence-corrected chi connectivity index (χ4v) is 4.55. The van der Waals surface area contributed by atoms with Crippen LogP contribution >= 0.6 is 24.8 Å². The highest BCUT2D eigenvalue weighted by Gasteiger charge is 2.41. The first-order valence-corrected chi connectivity index (χ1v) is 9.12. The average Bonchev–Trinajstić information content (AvgIpc) is 2.55. The van der Waals surface area contributed by atoms with Crippen molar-refractivity contribution in [2.24, 2.45) is 0 Å². The number of hydrogen-bond donors (Lipinski definition) is 1. The predicted molar refractivity (Wildman–Crippen MR) is 103 cm³/mol. The average molecular weight is 381 g/mol. The molecule has 1 N–H and O–H groups in total. The molecule has 0 aromatic carbocycles. The molecule has 1 spiro atoms. The van der Waals surface area contributed by atoms with Crippen LogP contribution in [0.1, 0.15) is 38.5 Å². The Morgan fingerprint density at radius 2 is 1.67 bits per heavy atom. The maximum atomic E-state index is 12.4. The zero-order valence-electron chi connectivity index (χ0n) is 15.0. The standard InChI is InChI=1S/C17H32N4O.2ClH/c1-19-13-14-21(17(15-19)6-3-2-4-7-17)10-5-16(22)20-11-8-18-9-12-20;;/h18H,2-15H2,1H3;2*1H. The lowest BCUT2D eigenvalue weighted by molar-refractivity contribution is -0.133. The lowest BCUT2D eigenvalue weighted by Crippen LogP contribution is -2.62. The van der Waals surface area contributed by atoms with Crippen LogP contribution in [0.3, 0.4) is 0 Å². The van der Waals surface area contributed by atoms with Crippen LogP contribution in [0, 0.1) is 0 Å². The van der Waals surface area contributed by atoms with Crippen molar-refractivity contribution < 1.29 is 4.79 Å². The predicted octanol–water partition coefficient (Wildman–Crippen LogP) is 1.60. The summed E-state index contributed by atoms with van der Waals surface area (Å²) in [5.74, 6) is 0.353. The van der Waals surface area contributed by atoms with Gasteiger partial charge in [0.15, 0.2) is 0 Å². The number of halogens is 2. The van der Waals surface area contributed by atoms with Crippen LogP contribution in [0.5, 0.6) is 0 Å². The Labute approximate surface area is 159 Å². The summed E-state index contributed by atoms with van der Waals surface area (Å²) in [7, 11) is 2.25. The van der Waals surface area contributed by atoms with E-state index in [1.807, 2.05) is 4.90 Å².